The lowest BCUT2D eigenvalue weighted by Gasteiger charge is -2.26. The standard InChI is InChI=1S/C23H33N3O7.C2H6/c1-12(2)20(25-23(32)21(30)15-8-13(3)6-7-18(15)33-5)22(31)24-16(9-19(28)29)17(27)11-26-10-14(26)4;1-2/h6-8,12,14,16,20-21,30H,9-11H2,1-5H3,(H,24,31)(H,25,32)(H,28,29);1-2H3. The third-order valence-electron chi connectivity index (χ3n) is 5.61. The van der Waals surface area contributed by atoms with Crippen LogP contribution < -0.4 is 15.4 Å². The number of carbonyl (C=O) groups excluding carboxylic acids is 3. The summed E-state index contributed by atoms with van der Waals surface area (Å²) in [5.74, 6) is -3.21. The molecule has 1 fully saturated rings. The molecule has 4 N–H and O–H groups in total. The number of carboxylic acid groups (broad SMARTS) is 1. The van der Waals surface area contributed by atoms with E-state index in [0.717, 1.165) is 12.1 Å². The Kier molecular flexibility index (Phi) is 11.8. The number of methoxy groups -OCH3 is 1. The Morgan fingerprint density at radius 2 is 1.74 bits per heavy atom. The lowest BCUT2D eigenvalue weighted by molar-refractivity contribution is -0.141. The smallest absolute Gasteiger partial charge is 0.305 e. The van der Waals surface area contributed by atoms with E-state index in [9.17, 15) is 29.4 Å². The van der Waals surface area contributed by atoms with E-state index in [0.29, 0.717) is 5.75 Å². The summed E-state index contributed by atoms with van der Waals surface area (Å²) in [6.07, 6.45) is -2.15. The van der Waals surface area contributed by atoms with E-state index in [1.54, 1.807) is 39.0 Å². The molecule has 1 aliphatic heterocycles. The zero-order chi connectivity index (χ0) is 26.9. The number of nitrogens with zero attached hydrogens (tertiary/aromatic N) is 1. The fourth-order valence-corrected chi connectivity index (χ4v) is 3.48. The number of aliphatic carboxylic acids is 1. The van der Waals surface area contributed by atoms with Crippen LogP contribution in [0, 0.1) is 12.8 Å². The Morgan fingerprint density at radius 3 is 2.23 bits per heavy atom. The van der Waals surface area contributed by atoms with Gasteiger partial charge in [0.1, 0.15) is 11.8 Å². The Labute approximate surface area is 207 Å². The zero-order valence-electron chi connectivity index (χ0n) is 21.6. The number of Topliss-reactive ketones (excluding diaryl/α,β-unsaturated/α-hetero) is 1. The van der Waals surface area contributed by atoms with Gasteiger partial charge in [0.25, 0.3) is 5.91 Å². The van der Waals surface area contributed by atoms with E-state index in [-0.39, 0.29) is 18.2 Å². The lowest BCUT2D eigenvalue weighted by Crippen LogP contribution is -2.55. The highest BCUT2D eigenvalue weighted by Gasteiger charge is 2.36. The molecule has 1 heterocycles. The van der Waals surface area contributed by atoms with Crippen LogP contribution in [0.4, 0.5) is 0 Å². The SMILES string of the molecule is CC.COc1ccc(C)cc1C(O)C(=O)NC(C(=O)NC(CC(=O)O)C(=O)CN1CC1C)C(C)C. The summed E-state index contributed by atoms with van der Waals surface area (Å²) in [7, 11) is 1.42. The van der Waals surface area contributed by atoms with Gasteiger partial charge in [-0.25, -0.2) is 0 Å². The Morgan fingerprint density at radius 1 is 1.14 bits per heavy atom. The number of hydrogen-bond donors (Lipinski definition) is 4. The minimum atomic E-state index is -1.59. The summed E-state index contributed by atoms with van der Waals surface area (Å²) in [6.45, 7) is 11.9. The maximum Gasteiger partial charge on any atom is 0.305 e. The van der Waals surface area contributed by atoms with Crippen molar-refractivity contribution in [3.8, 4) is 5.75 Å². The normalized spacial score (nSPS) is 18.9. The Balaban J connectivity index is 0.00000298. The minimum absolute atomic E-state index is 0.0456. The lowest BCUT2D eigenvalue weighted by atomic mass is 10.00. The molecule has 0 aromatic heterocycles. The Bertz CT molecular complexity index is 903. The highest BCUT2D eigenvalue weighted by atomic mass is 16.5. The predicted octanol–water partition coefficient (Wildman–Crippen LogP) is 1.44. The molecule has 2 rings (SSSR count). The van der Waals surface area contributed by atoms with Crippen LogP contribution in [0.15, 0.2) is 18.2 Å². The van der Waals surface area contributed by atoms with E-state index in [1.165, 1.54) is 7.11 Å². The molecule has 0 radical (unpaired) electrons. The van der Waals surface area contributed by atoms with Crippen molar-refractivity contribution in [3.05, 3.63) is 29.3 Å². The maximum atomic E-state index is 12.9. The van der Waals surface area contributed by atoms with Gasteiger partial charge in [-0.15, -0.1) is 0 Å². The molecule has 35 heavy (non-hydrogen) atoms. The molecule has 196 valence electrons. The number of rotatable bonds is 12. The number of aliphatic hydroxyl groups is 1. The summed E-state index contributed by atoms with van der Waals surface area (Å²) in [4.78, 5) is 51.4. The van der Waals surface area contributed by atoms with E-state index < -0.39 is 54.1 Å². The molecule has 10 heteroatoms. The predicted molar refractivity (Wildman–Crippen MR) is 131 cm³/mol. The second kappa shape index (κ2) is 13.8. The summed E-state index contributed by atoms with van der Waals surface area (Å²) >= 11 is 0. The largest absolute Gasteiger partial charge is 0.496 e. The van der Waals surface area contributed by atoms with Crippen LogP contribution in [0.3, 0.4) is 0 Å². The number of amides is 2. The van der Waals surface area contributed by atoms with Gasteiger partial charge in [-0.05, 0) is 31.9 Å². The quantitative estimate of drug-likeness (QED) is 0.320. The number of hydrogen-bond acceptors (Lipinski definition) is 7. The summed E-state index contributed by atoms with van der Waals surface area (Å²) in [5.41, 5.74) is 1.07. The Hall–Kier alpha value is -2.98. The molecule has 0 aliphatic carbocycles. The fraction of sp³-hybridized carbons (Fsp3) is 0.600. The molecule has 0 saturated carbocycles. The van der Waals surface area contributed by atoms with E-state index in [1.807, 2.05) is 25.7 Å². The van der Waals surface area contributed by atoms with Crippen molar-refractivity contribution >= 4 is 23.6 Å². The van der Waals surface area contributed by atoms with Crippen molar-refractivity contribution in [2.75, 3.05) is 20.2 Å². The average Bonchev–Trinajstić information content (AvgIpc) is 3.50. The van der Waals surface area contributed by atoms with Gasteiger partial charge < -0.3 is 25.6 Å². The number of aryl methyl sites for hydroxylation is 1. The van der Waals surface area contributed by atoms with Crippen molar-refractivity contribution in [1.82, 2.24) is 15.5 Å². The van der Waals surface area contributed by atoms with Crippen molar-refractivity contribution in [3.63, 3.8) is 0 Å². The number of aliphatic hydroxyl groups excluding tert-OH is 1. The third kappa shape index (κ3) is 8.95. The van der Waals surface area contributed by atoms with Crippen molar-refractivity contribution in [2.24, 2.45) is 5.92 Å². The first-order valence-corrected chi connectivity index (χ1v) is 11.9. The van der Waals surface area contributed by atoms with Crippen molar-refractivity contribution in [1.29, 1.82) is 0 Å². The van der Waals surface area contributed by atoms with Crippen LogP contribution in [-0.4, -0.2) is 77.0 Å². The van der Waals surface area contributed by atoms with Crippen LogP contribution in [0.2, 0.25) is 0 Å². The van der Waals surface area contributed by atoms with Gasteiger partial charge in [-0.3, -0.25) is 24.1 Å². The molecule has 1 aliphatic rings. The summed E-state index contributed by atoms with van der Waals surface area (Å²) in [6, 6.07) is 2.96. The second-order valence-electron chi connectivity index (χ2n) is 8.78. The first kappa shape index (κ1) is 30.1. The monoisotopic (exact) mass is 493 g/mol. The molecular formula is C25H39N3O7. The van der Waals surface area contributed by atoms with Crippen molar-refractivity contribution < 1.29 is 34.1 Å². The number of carboxylic acids is 1. The molecular weight excluding hydrogens is 454 g/mol. The molecule has 1 aromatic carbocycles. The first-order chi connectivity index (χ1) is 16.4. The number of ketones is 1. The van der Waals surface area contributed by atoms with Crippen LogP contribution in [-0.2, 0) is 19.2 Å². The van der Waals surface area contributed by atoms with E-state index in [2.05, 4.69) is 10.6 Å². The number of benzene rings is 1. The topological polar surface area (TPSA) is 145 Å². The van der Waals surface area contributed by atoms with Crippen LogP contribution in [0.1, 0.15) is 58.3 Å². The molecule has 5 unspecified atom stereocenters. The number of nitrogens with one attached hydrogen (secondary N) is 2. The molecule has 1 saturated heterocycles. The minimum Gasteiger partial charge on any atom is -0.496 e. The third-order valence-corrected chi connectivity index (χ3v) is 5.61. The van der Waals surface area contributed by atoms with Crippen LogP contribution in [0.5, 0.6) is 5.75 Å². The number of ether oxygens (including phenoxy) is 1. The summed E-state index contributed by atoms with van der Waals surface area (Å²) in [5, 5.41) is 24.8. The second-order valence-corrected chi connectivity index (χ2v) is 8.78. The highest BCUT2D eigenvalue weighted by molar-refractivity contribution is 5.96. The van der Waals surface area contributed by atoms with Gasteiger partial charge >= 0.3 is 5.97 Å². The van der Waals surface area contributed by atoms with Gasteiger partial charge in [0.15, 0.2) is 11.9 Å². The highest BCUT2D eigenvalue weighted by Crippen LogP contribution is 2.26. The maximum absolute atomic E-state index is 12.9. The van der Waals surface area contributed by atoms with Gasteiger partial charge in [-0.2, -0.15) is 0 Å². The van der Waals surface area contributed by atoms with Gasteiger partial charge in [0.2, 0.25) is 5.91 Å². The first-order valence-electron chi connectivity index (χ1n) is 11.9. The van der Waals surface area contributed by atoms with E-state index >= 15 is 0 Å². The van der Waals surface area contributed by atoms with Gasteiger partial charge in [0, 0.05) is 18.2 Å². The molecule has 10 nitrogen and oxygen atoms in total. The molecule has 0 spiro atoms. The van der Waals surface area contributed by atoms with Gasteiger partial charge in [0.05, 0.1) is 26.1 Å². The fourth-order valence-electron chi connectivity index (χ4n) is 3.48. The van der Waals surface area contributed by atoms with E-state index in [4.69, 9.17) is 4.74 Å². The van der Waals surface area contributed by atoms with Crippen LogP contribution >= 0.6 is 0 Å². The van der Waals surface area contributed by atoms with Crippen LogP contribution in [0.25, 0.3) is 0 Å². The zero-order valence-corrected chi connectivity index (χ0v) is 21.6. The summed E-state index contributed by atoms with van der Waals surface area (Å²) < 4.78 is 5.22. The molecule has 2 amide bonds. The number of carbonyl (C=O) groups is 4. The molecule has 1 aromatic rings. The van der Waals surface area contributed by atoms with Gasteiger partial charge in [-0.1, -0.05) is 39.3 Å². The average molecular weight is 494 g/mol. The molecule has 0 bridgehead atoms. The van der Waals surface area contributed by atoms with Crippen molar-refractivity contribution in [2.45, 2.75) is 72.2 Å². The molecule has 5 atom stereocenters.